The molecule has 0 aliphatic heterocycles. The van der Waals surface area contributed by atoms with Crippen LogP contribution in [0, 0.1) is 0 Å². The van der Waals surface area contributed by atoms with Crippen molar-refractivity contribution in [3.05, 3.63) is 17.9 Å². The summed E-state index contributed by atoms with van der Waals surface area (Å²) in [6.45, 7) is 0. The van der Waals surface area contributed by atoms with E-state index in [1.165, 1.54) is 32.0 Å². The second-order valence-corrected chi connectivity index (χ2v) is 7.21. The number of rotatable bonds is 4. The molecule has 1 aromatic rings. The smallest absolute Gasteiger partial charge is 0.289 e. The third-order valence-electron chi connectivity index (χ3n) is 4.02. The number of carbonyl (C=O) groups is 1. The predicted octanol–water partition coefficient (Wildman–Crippen LogP) is 1.98. The summed E-state index contributed by atoms with van der Waals surface area (Å²) in [5, 5.41) is -0.234. The van der Waals surface area contributed by atoms with Crippen molar-refractivity contribution in [2.24, 2.45) is 0 Å². The largest absolute Gasteiger partial charge is 0.438 e. The zero-order valence-electron chi connectivity index (χ0n) is 12.5. The normalized spacial score (nSPS) is 17.4. The molecule has 0 atom stereocenters. The van der Waals surface area contributed by atoms with Gasteiger partial charge in [-0.2, -0.15) is 0 Å². The third-order valence-corrected chi connectivity index (χ3v) is 5.31. The summed E-state index contributed by atoms with van der Waals surface area (Å²) >= 11 is 0. The van der Waals surface area contributed by atoms with Gasteiger partial charge in [-0.25, -0.2) is 13.1 Å². The highest BCUT2D eigenvalue weighted by Gasteiger charge is 2.26. The van der Waals surface area contributed by atoms with Gasteiger partial charge in [0.15, 0.2) is 5.76 Å². The molecule has 118 valence electrons. The van der Waals surface area contributed by atoms with Crippen LogP contribution in [0.3, 0.4) is 0 Å². The van der Waals surface area contributed by atoms with Crippen molar-refractivity contribution < 1.29 is 17.6 Å². The van der Waals surface area contributed by atoms with E-state index in [4.69, 9.17) is 4.42 Å². The molecule has 1 fully saturated rings. The topological polar surface area (TPSA) is 79.6 Å². The Balaban J connectivity index is 2.12. The third kappa shape index (κ3) is 3.65. The molecule has 1 aliphatic rings. The van der Waals surface area contributed by atoms with E-state index in [9.17, 15) is 13.2 Å². The molecule has 1 amide bonds. The molecule has 21 heavy (non-hydrogen) atoms. The molecule has 1 heterocycles. The fourth-order valence-corrected chi connectivity index (χ4v) is 3.31. The van der Waals surface area contributed by atoms with Crippen molar-refractivity contribution in [3.63, 3.8) is 0 Å². The molecule has 1 aromatic heterocycles. The van der Waals surface area contributed by atoms with Crippen LogP contribution in [0.5, 0.6) is 0 Å². The van der Waals surface area contributed by atoms with E-state index in [0.717, 1.165) is 25.7 Å². The first-order valence-corrected chi connectivity index (χ1v) is 8.74. The van der Waals surface area contributed by atoms with Crippen LogP contribution in [0.1, 0.15) is 49.1 Å². The SMILES string of the molecule is CNS(=O)(=O)c1ccc(C(=O)N(C)C2CCCCCC2)o1. The summed E-state index contributed by atoms with van der Waals surface area (Å²) in [4.78, 5) is 14.1. The van der Waals surface area contributed by atoms with Crippen LogP contribution in [-0.4, -0.2) is 39.4 Å². The lowest BCUT2D eigenvalue weighted by molar-refractivity contribution is 0.0679. The van der Waals surface area contributed by atoms with Crippen LogP contribution >= 0.6 is 0 Å². The molecular weight excluding hydrogens is 292 g/mol. The highest BCUT2D eigenvalue weighted by Crippen LogP contribution is 2.23. The van der Waals surface area contributed by atoms with E-state index in [1.54, 1.807) is 11.9 Å². The Bertz CT molecular complexity index is 586. The fraction of sp³-hybridized carbons (Fsp3) is 0.643. The van der Waals surface area contributed by atoms with Crippen LogP contribution < -0.4 is 4.72 Å². The highest BCUT2D eigenvalue weighted by molar-refractivity contribution is 7.89. The van der Waals surface area contributed by atoms with Crippen LogP contribution in [0.4, 0.5) is 0 Å². The molecule has 1 N–H and O–H groups in total. The minimum absolute atomic E-state index is 0.0653. The number of carbonyl (C=O) groups excluding carboxylic acids is 1. The number of nitrogens with zero attached hydrogens (tertiary/aromatic N) is 1. The van der Waals surface area contributed by atoms with Gasteiger partial charge >= 0.3 is 0 Å². The molecule has 0 unspecified atom stereocenters. The monoisotopic (exact) mass is 314 g/mol. The van der Waals surface area contributed by atoms with Crippen LogP contribution in [0.2, 0.25) is 0 Å². The summed E-state index contributed by atoms with van der Waals surface area (Å²) in [6, 6.07) is 2.93. The van der Waals surface area contributed by atoms with Crippen molar-refractivity contribution in [1.82, 2.24) is 9.62 Å². The van der Waals surface area contributed by atoms with E-state index in [1.807, 2.05) is 0 Å². The maximum absolute atomic E-state index is 12.4. The van der Waals surface area contributed by atoms with Gasteiger partial charge in [-0.15, -0.1) is 0 Å². The number of amides is 1. The van der Waals surface area contributed by atoms with E-state index < -0.39 is 10.0 Å². The Morgan fingerprint density at radius 1 is 1.24 bits per heavy atom. The zero-order valence-corrected chi connectivity index (χ0v) is 13.3. The Morgan fingerprint density at radius 2 is 1.86 bits per heavy atom. The Morgan fingerprint density at radius 3 is 2.43 bits per heavy atom. The maximum Gasteiger partial charge on any atom is 0.289 e. The van der Waals surface area contributed by atoms with Gasteiger partial charge in [0, 0.05) is 13.1 Å². The van der Waals surface area contributed by atoms with Gasteiger partial charge in [0.05, 0.1) is 0 Å². The zero-order chi connectivity index (χ0) is 15.5. The second kappa shape index (κ2) is 6.62. The number of nitrogens with one attached hydrogen (secondary N) is 1. The van der Waals surface area contributed by atoms with Crippen molar-refractivity contribution in [3.8, 4) is 0 Å². The average molecular weight is 314 g/mol. The fourth-order valence-electron chi connectivity index (χ4n) is 2.66. The summed E-state index contributed by atoms with van der Waals surface area (Å²) in [5.74, 6) is -0.199. The minimum atomic E-state index is -3.65. The Labute approximate surface area is 125 Å². The van der Waals surface area contributed by atoms with Crippen molar-refractivity contribution in [2.75, 3.05) is 14.1 Å². The van der Waals surface area contributed by atoms with E-state index in [0.29, 0.717) is 0 Å². The first-order valence-electron chi connectivity index (χ1n) is 7.26. The van der Waals surface area contributed by atoms with E-state index >= 15 is 0 Å². The molecule has 1 aliphatic carbocycles. The summed E-state index contributed by atoms with van der Waals surface area (Å²) in [5.41, 5.74) is 0. The van der Waals surface area contributed by atoms with Crippen molar-refractivity contribution in [2.45, 2.75) is 49.7 Å². The predicted molar refractivity (Wildman–Crippen MR) is 78.5 cm³/mol. The molecule has 0 radical (unpaired) electrons. The van der Waals surface area contributed by atoms with Crippen molar-refractivity contribution >= 4 is 15.9 Å². The minimum Gasteiger partial charge on any atom is -0.438 e. The van der Waals surface area contributed by atoms with Gasteiger partial charge in [0.2, 0.25) is 5.09 Å². The van der Waals surface area contributed by atoms with Crippen LogP contribution in [-0.2, 0) is 10.0 Å². The van der Waals surface area contributed by atoms with Gasteiger partial charge in [-0.1, -0.05) is 25.7 Å². The van der Waals surface area contributed by atoms with E-state index in [2.05, 4.69) is 4.72 Å². The standard InChI is InChI=1S/C14H22N2O4S/c1-15-21(18,19)13-10-9-12(20-13)14(17)16(2)11-7-5-3-4-6-8-11/h9-11,15H,3-8H2,1-2H3. The molecule has 6 nitrogen and oxygen atoms in total. The Hall–Kier alpha value is -1.34. The lowest BCUT2D eigenvalue weighted by atomic mass is 10.1. The van der Waals surface area contributed by atoms with Gasteiger partial charge in [-0.3, -0.25) is 4.79 Å². The average Bonchev–Trinajstić information content (AvgIpc) is 2.83. The van der Waals surface area contributed by atoms with Crippen molar-refractivity contribution in [1.29, 1.82) is 0 Å². The first-order chi connectivity index (χ1) is 9.95. The molecule has 2 rings (SSSR count). The summed E-state index contributed by atoms with van der Waals surface area (Å²) in [7, 11) is -0.595. The van der Waals surface area contributed by atoms with E-state index in [-0.39, 0.29) is 22.8 Å². The number of sulfonamides is 1. The lowest BCUT2D eigenvalue weighted by Crippen LogP contribution is -2.36. The number of furan rings is 1. The number of hydrogen-bond acceptors (Lipinski definition) is 4. The summed E-state index contributed by atoms with van der Waals surface area (Å²) in [6.07, 6.45) is 6.66. The highest BCUT2D eigenvalue weighted by atomic mass is 32.2. The molecule has 0 saturated heterocycles. The van der Waals surface area contributed by atoms with Crippen LogP contribution in [0.15, 0.2) is 21.6 Å². The Kier molecular flexibility index (Phi) is 5.05. The maximum atomic E-state index is 12.4. The molecule has 7 heteroatoms. The molecule has 1 saturated carbocycles. The number of hydrogen-bond donors (Lipinski definition) is 1. The molecule has 0 spiro atoms. The first kappa shape index (κ1) is 16.0. The summed E-state index contributed by atoms with van der Waals surface area (Å²) < 4.78 is 30.6. The van der Waals surface area contributed by atoms with Gasteiger partial charge < -0.3 is 9.32 Å². The second-order valence-electron chi connectivity index (χ2n) is 5.39. The molecular formula is C14H22N2O4S. The lowest BCUT2D eigenvalue weighted by Gasteiger charge is -2.26. The quantitative estimate of drug-likeness (QED) is 0.862. The van der Waals surface area contributed by atoms with Gasteiger partial charge in [-0.05, 0) is 32.0 Å². The molecule has 0 bridgehead atoms. The molecule has 0 aromatic carbocycles. The van der Waals surface area contributed by atoms with Gasteiger partial charge in [0.1, 0.15) is 0 Å². The van der Waals surface area contributed by atoms with Gasteiger partial charge in [0.25, 0.3) is 15.9 Å². The van der Waals surface area contributed by atoms with Crippen LogP contribution in [0.25, 0.3) is 0 Å².